The van der Waals surface area contributed by atoms with Crippen LogP contribution in [-0.4, -0.2) is 83.8 Å². The molecule has 3 N–H and O–H groups in total. The molecule has 0 radical (unpaired) electrons. The van der Waals surface area contributed by atoms with E-state index >= 15 is 0 Å². The largest absolute Gasteiger partial charge is 0.453 e. The van der Waals surface area contributed by atoms with Gasteiger partial charge in [-0.15, -0.1) is 0 Å². The van der Waals surface area contributed by atoms with E-state index in [0.717, 1.165) is 51.8 Å². The number of alkyl carbamates (subject to hydrolysis) is 2. The number of imidazole rings is 1. The van der Waals surface area contributed by atoms with Crippen molar-refractivity contribution in [3.8, 4) is 22.4 Å². The molecule has 12 heteroatoms. The summed E-state index contributed by atoms with van der Waals surface area (Å²) in [6.07, 6.45) is 3.56. The number of benzene rings is 3. The number of H-pyrrole nitrogens is 1. The van der Waals surface area contributed by atoms with Crippen molar-refractivity contribution in [3.05, 3.63) is 78.2 Å². The van der Waals surface area contributed by atoms with Gasteiger partial charge in [0.05, 0.1) is 31.6 Å². The maximum absolute atomic E-state index is 13.9. The summed E-state index contributed by atoms with van der Waals surface area (Å²) >= 11 is 0. The van der Waals surface area contributed by atoms with Gasteiger partial charge in [0.1, 0.15) is 17.5 Å². The molecule has 3 heterocycles. The Morgan fingerprint density at radius 3 is 2.27 bits per heavy atom. The van der Waals surface area contributed by atoms with Crippen LogP contribution < -0.4 is 10.6 Å². The van der Waals surface area contributed by atoms with E-state index in [1.54, 1.807) is 39.1 Å². The number of amides is 3. The molecule has 51 heavy (non-hydrogen) atoms. The lowest BCUT2D eigenvalue weighted by molar-refractivity contribution is -0.136. The number of ether oxygens (including phenoxy) is 3. The number of ketones is 1. The van der Waals surface area contributed by atoms with Crippen LogP contribution in [0.25, 0.3) is 33.2 Å². The molecule has 4 aromatic rings. The lowest BCUT2D eigenvalue weighted by Crippen LogP contribution is -2.53. The van der Waals surface area contributed by atoms with E-state index in [1.807, 2.05) is 29.2 Å². The van der Waals surface area contributed by atoms with Crippen LogP contribution in [0.2, 0.25) is 0 Å². The minimum Gasteiger partial charge on any atom is -0.453 e. The summed E-state index contributed by atoms with van der Waals surface area (Å²) in [6, 6.07) is 18.9. The Kier molecular flexibility index (Phi) is 10.7. The number of aromatic amines is 1. The molecule has 2 unspecified atom stereocenters. The number of nitrogens with zero attached hydrogens (tertiary/aromatic N) is 2. The number of nitrogens with one attached hydrogen (secondary N) is 3. The molecule has 0 bridgehead atoms. The average Bonchev–Trinajstić information content (AvgIpc) is 3.82. The first-order valence-electron chi connectivity index (χ1n) is 17.4. The summed E-state index contributed by atoms with van der Waals surface area (Å²) in [5.74, 6) is 0.367. The second kappa shape index (κ2) is 15.3. The number of carbonyl (C=O) groups excluding carboxylic acids is 4. The molecule has 2 saturated heterocycles. The van der Waals surface area contributed by atoms with Crippen LogP contribution in [0.5, 0.6) is 0 Å². The molecule has 0 spiro atoms. The molecule has 2 aliphatic rings. The number of likely N-dealkylation sites (tertiary alicyclic amines) is 1. The maximum Gasteiger partial charge on any atom is 0.408 e. The predicted molar refractivity (Wildman–Crippen MR) is 192 cm³/mol. The van der Waals surface area contributed by atoms with Gasteiger partial charge in [-0.2, -0.15) is 0 Å². The van der Waals surface area contributed by atoms with Crippen LogP contribution >= 0.6 is 0 Å². The van der Waals surface area contributed by atoms with Gasteiger partial charge in [0, 0.05) is 30.9 Å². The molecule has 0 aliphatic carbocycles. The summed E-state index contributed by atoms with van der Waals surface area (Å²) in [5.41, 5.74) is 3.66. The normalized spacial score (nSPS) is 17.2. The van der Waals surface area contributed by atoms with E-state index in [1.165, 1.54) is 7.11 Å². The monoisotopic (exact) mass is 695 g/mol. The molecule has 3 amide bonds. The summed E-state index contributed by atoms with van der Waals surface area (Å²) in [6.45, 7) is 6.86. The molecule has 2 atom stereocenters. The fraction of sp³-hybridized carbons (Fsp3) is 0.410. The average molecular weight is 696 g/mol. The van der Waals surface area contributed by atoms with Crippen LogP contribution in [-0.2, 0) is 19.0 Å². The zero-order valence-electron chi connectivity index (χ0n) is 29.5. The van der Waals surface area contributed by atoms with Crippen molar-refractivity contribution < 1.29 is 33.4 Å². The smallest absolute Gasteiger partial charge is 0.408 e. The Morgan fingerprint density at radius 2 is 1.59 bits per heavy atom. The van der Waals surface area contributed by atoms with Gasteiger partial charge in [0.2, 0.25) is 5.91 Å². The number of rotatable bonds is 9. The van der Waals surface area contributed by atoms with Crippen molar-refractivity contribution in [2.24, 2.45) is 5.92 Å². The lowest BCUT2D eigenvalue weighted by Gasteiger charge is -2.34. The second-order valence-electron chi connectivity index (χ2n) is 14.1. The first-order chi connectivity index (χ1) is 24.5. The zero-order chi connectivity index (χ0) is 36.1. The van der Waals surface area contributed by atoms with Crippen LogP contribution in [0.1, 0.15) is 68.7 Å². The van der Waals surface area contributed by atoms with Gasteiger partial charge in [-0.25, -0.2) is 14.6 Å². The van der Waals surface area contributed by atoms with Gasteiger partial charge < -0.3 is 34.7 Å². The number of carbonyl (C=O) groups is 4. The molecule has 2 fully saturated rings. The molecule has 3 aromatic carbocycles. The van der Waals surface area contributed by atoms with E-state index in [2.05, 4.69) is 39.9 Å². The SMILES string of the molecule is COC(=O)NC(C(=O)N1CCCC1c1ncc(-c2ccc3cc(-c4ccc(C(=O)CNC(=O)OC(C)(C)C)cc4)ccc3c2)[nH]1)C1CCOCC1. The highest BCUT2D eigenvalue weighted by Gasteiger charge is 2.40. The Bertz CT molecular complexity index is 1890. The molecule has 12 nitrogen and oxygen atoms in total. The van der Waals surface area contributed by atoms with Gasteiger partial charge in [0.15, 0.2) is 5.78 Å². The summed E-state index contributed by atoms with van der Waals surface area (Å²) in [4.78, 5) is 60.7. The summed E-state index contributed by atoms with van der Waals surface area (Å²) in [5, 5.41) is 7.42. The zero-order valence-corrected chi connectivity index (χ0v) is 29.5. The van der Waals surface area contributed by atoms with Crippen molar-refractivity contribution in [2.75, 3.05) is 33.4 Å². The second-order valence-corrected chi connectivity index (χ2v) is 14.1. The number of Topliss-reactive ketones (excluding diaryl/α,β-unsaturated/α-hetero) is 1. The molecule has 1 aromatic heterocycles. The van der Waals surface area contributed by atoms with Gasteiger partial charge in [-0.05, 0) is 86.4 Å². The minimum atomic E-state index is -0.685. The molecule has 268 valence electrons. The quantitative estimate of drug-likeness (QED) is 0.170. The van der Waals surface area contributed by atoms with E-state index in [4.69, 9.17) is 19.2 Å². The fourth-order valence-corrected chi connectivity index (χ4v) is 6.77. The number of hydrogen-bond donors (Lipinski definition) is 3. The number of methoxy groups -OCH3 is 1. The minimum absolute atomic E-state index is 0.0276. The number of fused-ring (bicyclic) bond motifs is 1. The predicted octanol–water partition coefficient (Wildman–Crippen LogP) is 6.42. The molecule has 2 aliphatic heterocycles. The first kappa shape index (κ1) is 35.6. The fourth-order valence-electron chi connectivity index (χ4n) is 6.77. The third-order valence-electron chi connectivity index (χ3n) is 9.39. The molecule has 6 rings (SSSR count). The maximum atomic E-state index is 13.9. The molecule has 0 saturated carbocycles. The third kappa shape index (κ3) is 8.57. The number of aromatic nitrogens is 2. The molecular formula is C39H45N5O7. The van der Waals surface area contributed by atoms with Crippen molar-refractivity contribution >= 4 is 34.6 Å². The Balaban J connectivity index is 1.13. The summed E-state index contributed by atoms with van der Waals surface area (Å²) in [7, 11) is 1.30. The highest BCUT2D eigenvalue weighted by atomic mass is 16.6. The van der Waals surface area contributed by atoms with Crippen LogP contribution in [0, 0.1) is 5.92 Å². The van der Waals surface area contributed by atoms with Crippen molar-refractivity contribution in [1.82, 2.24) is 25.5 Å². The van der Waals surface area contributed by atoms with Crippen LogP contribution in [0.15, 0.2) is 66.9 Å². The first-order valence-corrected chi connectivity index (χ1v) is 17.4. The standard InChI is InChI=1S/C39H45N5O7/c1-39(2,3)51-37(47)41-23-33(45)25-9-7-24(8-10-25)27-11-12-29-21-30(14-13-28(29)20-27)31-22-40-35(42-31)32-6-5-17-44(32)36(46)34(43-38(48)49-4)26-15-18-50-19-16-26/h7-14,20-22,26,32,34H,5-6,15-19,23H2,1-4H3,(H,40,42)(H,41,47)(H,43,48). The Hall–Kier alpha value is -5.23. The topological polar surface area (TPSA) is 152 Å². The third-order valence-corrected chi connectivity index (χ3v) is 9.39. The van der Waals surface area contributed by atoms with Crippen molar-refractivity contribution in [1.29, 1.82) is 0 Å². The number of hydrogen-bond acceptors (Lipinski definition) is 8. The van der Waals surface area contributed by atoms with E-state index < -0.39 is 23.8 Å². The highest BCUT2D eigenvalue weighted by Crippen LogP contribution is 2.34. The van der Waals surface area contributed by atoms with Crippen molar-refractivity contribution in [3.63, 3.8) is 0 Å². The van der Waals surface area contributed by atoms with E-state index in [-0.39, 0.29) is 30.2 Å². The van der Waals surface area contributed by atoms with Crippen LogP contribution in [0.4, 0.5) is 9.59 Å². The van der Waals surface area contributed by atoms with Crippen LogP contribution in [0.3, 0.4) is 0 Å². The summed E-state index contributed by atoms with van der Waals surface area (Å²) < 4.78 is 15.6. The van der Waals surface area contributed by atoms with E-state index in [0.29, 0.717) is 38.2 Å². The lowest BCUT2D eigenvalue weighted by atomic mass is 9.90. The van der Waals surface area contributed by atoms with Gasteiger partial charge >= 0.3 is 12.2 Å². The highest BCUT2D eigenvalue weighted by molar-refractivity contribution is 5.99. The Morgan fingerprint density at radius 1 is 0.922 bits per heavy atom. The van der Waals surface area contributed by atoms with Crippen molar-refractivity contribution in [2.45, 2.75) is 64.1 Å². The molecular weight excluding hydrogens is 650 g/mol. The Labute approximate surface area is 297 Å². The van der Waals surface area contributed by atoms with Gasteiger partial charge in [-0.1, -0.05) is 48.5 Å². The van der Waals surface area contributed by atoms with Gasteiger partial charge in [0.25, 0.3) is 0 Å². The van der Waals surface area contributed by atoms with E-state index in [9.17, 15) is 19.2 Å². The van der Waals surface area contributed by atoms with Gasteiger partial charge in [-0.3, -0.25) is 9.59 Å².